The summed E-state index contributed by atoms with van der Waals surface area (Å²) in [4.78, 5) is 0. The quantitative estimate of drug-likeness (QED) is 0.245. The van der Waals surface area contributed by atoms with Crippen molar-refractivity contribution < 1.29 is 9.47 Å². The van der Waals surface area contributed by atoms with Crippen LogP contribution < -0.4 is 0 Å². The van der Waals surface area contributed by atoms with Crippen molar-refractivity contribution in [2.75, 3.05) is 20.0 Å². The predicted molar refractivity (Wildman–Crippen MR) is 73.6 cm³/mol. The van der Waals surface area contributed by atoms with E-state index in [4.69, 9.17) is 9.47 Å². The highest BCUT2D eigenvalue weighted by Crippen LogP contribution is 2.06. The van der Waals surface area contributed by atoms with Crippen LogP contribution in [0.15, 0.2) is 0 Å². The third-order valence-electron chi connectivity index (χ3n) is 2.20. The second-order valence-electron chi connectivity index (χ2n) is 3.92. The molecule has 0 aliphatic carbocycles. The van der Waals surface area contributed by atoms with Crippen LogP contribution in [0, 0.1) is 0 Å². The molecule has 0 saturated heterocycles. The third-order valence-corrected chi connectivity index (χ3v) is 2.82. The molecule has 0 aromatic carbocycles. The molecule has 0 aromatic heterocycles. The van der Waals surface area contributed by atoms with Gasteiger partial charge in [0.05, 0.1) is 0 Å². The standard InChI is InChI=1S/C12H25IO2/c1-3-4-5-6-9-14-11-15-10-7-8-12(2)13/h12H,3-11H2,1-2H3. The Labute approximate surface area is 108 Å². The molecular weight excluding hydrogens is 303 g/mol. The van der Waals surface area contributed by atoms with Gasteiger partial charge in [0, 0.05) is 17.1 Å². The van der Waals surface area contributed by atoms with Crippen molar-refractivity contribution in [3.8, 4) is 0 Å². The van der Waals surface area contributed by atoms with Gasteiger partial charge in [-0.25, -0.2) is 0 Å². The van der Waals surface area contributed by atoms with E-state index in [-0.39, 0.29) is 0 Å². The maximum absolute atomic E-state index is 5.37. The Morgan fingerprint density at radius 3 is 2.27 bits per heavy atom. The first-order chi connectivity index (χ1) is 7.27. The summed E-state index contributed by atoms with van der Waals surface area (Å²) in [6.07, 6.45) is 7.42. The fourth-order valence-corrected chi connectivity index (χ4v) is 1.71. The van der Waals surface area contributed by atoms with Gasteiger partial charge in [0.2, 0.25) is 0 Å². The van der Waals surface area contributed by atoms with Gasteiger partial charge in [0.15, 0.2) is 0 Å². The van der Waals surface area contributed by atoms with Crippen molar-refractivity contribution in [1.82, 2.24) is 0 Å². The van der Waals surface area contributed by atoms with Gasteiger partial charge in [-0.05, 0) is 19.3 Å². The van der Waals surface area contributed by atoms with Crippen LogP contribution in [-0.4, -0.2) is 23.9 Å². The van der Waals surface area contributed by atoms with Gasteiger partial charge in [-0.3, -0.25) is 0 Å². The lowest BCUT2D eigenvalue weighted by atomic mass is 10.2. The molecule has 0 saturated carbocycles. The Morgan fingerprint density at radius 2 is 1.67 bits per heavy atom. The number of hydrogen-bond acceptors (Lipinski definition) is 2. The van der Waals surface area contributed by atoms with E-state index in [0.29, 0.717) is 6.79 Å². The Bertz CT molecular complexity index is 118. The molecule has 0 spiro atoms. The van der Waals surface area contributed by atoms with Gasteiger partial charge >= 0.3 is 0 Å². The molecule has 92 valence electrons. The minimum absolute atomic E-state index is 0.474. The molecule has 15 heavy (non-hydrogen) atoms. The fraction of sp³-hybridized carbons (Fsp3) is 1.00. The molecule has 3 heteroatoms. The van der Waals surface area contributed by atoms with E-state index in [9.17, 15) is 0 Å². The highest BCUT2D eigenvalue weighted by molar-refractivity contribution is 14.1. The van der Waals surface area contributed by atoms with Crippen molar-refractivity contribution in [1.29, 1.82) is 0 Å². The van der Waals surface area contributed by atoms with Crippen LogP contribution in [0.1, 0.15) is 52.4 Å². The first-order valence-electron chi connectivity index (χ1n) is 6.07. The molecule has 0 radical (unpaired) electrons. The lowest BCUT2D eigenvalue weighted by Crippen LogP contribution is -2.04. The van der Waals surface area contributed by atoms with Crippen LogP contribution in [0.3, 0.4) is 0 Å². The van der Waals surface area contributed by atoms with Crippen molar-refractivity contribution in [2.24, 2.45) is 0 Å². The zero-order chi connectivity index (χ0) is 11.4. The minimum atomic E-state index is 0.474. The lowest BCUT2D eigenvalue weighted by molar-refractivity contribution is -0.0554. The number of halogens is 1. The zero-order valence-electron chi connectivity index (χ0n) is 10.1. The summed E-state index contributed by atoms with van der Waals surface area (Å²) >= 11 is 2.44. The van der Waals surface area contributed by atoms with Gasteiger partial charge in [0.25, 0.3) is 0 Å². The maximum Gasteiger partial charge on any atom is 0.146 e. The summed E-state index contributed by atoms with van der Waals surface area (Å²) in [5.74, 6) is 0. The normalized spacial score (nSPS) is 13.0. The molecule has 0 amide bonds. The molecule has 2 nitrogen and oxygen atoms in total. The molecular formula is C12H25IO2. The number of rotatable bonds is 11. The van der Waals surface area contributed by atoms with Crippen molar-refractivity contribution in [2.45, 2.75) is 56.3 Å². The van der Waals surface area contributed by atoms with Crippen molar-refractivity contribution in [3.63, 3.8) is 0 Å². The van der Waals surface area contributed by atoms with Crippen LogP contribution in [0.5, 0.6) is 0 Å². The highest BCUT2D eigenvalue weighted by Gasteiger charge is 1.95. The van der Waals surface area contributed by atoms with Crippen LogP contribution in [-0.2, 0) is 9.47 Å². The molecule has 0 aliphatic rings. The Morgan fingerprint density at radius 1 is 1.00 bits per heavy atom. The van der Waals surface area contributed by atoms with E-state index < -0.39 is 0 Å². The maximum atomic E-state index is 5.37. The SMILES string of the molecule is CCCCCCOCOCCCC(C)I. The summed E-state index contributed by atoms with van der Waals surface area (Å²) < 4.78 is 11.5. The molecule has 0 aromatic rings. The van der Waals surface area contributed by atoms with E-state index in [2.05, 4.69) is 36.4 Å². The van der Waals surface area contributed by atoms with Gasteiger partial charge in [-0.2, -0.15) is 0 Å². The number of ether oxygens (including phenoxy) is 2. The second-order valence-corrected chi connectivity index (χ2v) is 6.04. The average Bonchev–Trinajstić information content (AvgIpc) is 2.20. The zero-order valence-corrected chi connectivity index (χ0v) is 12.3. The van der Waals surface area contributed by atoms with Gasteiger partial charge in [-0.1, -0.05) is 55.7 Å². The molecule has 0 fully saturated rings. The Kier molecular flexibility index (Phi) is 13.3. The summed E-state index contributed by atoms with van der Waals surface area (Å²) in [6, 6.07) is 0. The van der Waals surface area contributed by atoms with Crippen LogP contribution in [0.4, 0.5) is 0 Å². The van der Waals surface area contributed by atoms with E-state index >= 15 is 0 Å². The van der Waals surface area contributed by atoms with Crippen LogP contribution >= 0.6 is 22.6 Å². The monoisotopic (exact) mass is 328 g/mol. The molecule has 1 unspecified atom stereocenters. The largest absolute Gasteiger partial charge is 0.355 e. The van der Waals surface area contributed by atoms with Crippen LogP contribution in [0.25, 0.3) is 0 Å². The molecule has 0 N–H and O–H groups in total. The van der Waals surface area contributed by atoms with Crippen molar-refractivity contribution in [3.05, 3.63) is 0 Å². The van der Waals surface area contributed by atoms with Crippen molar-refractivity contribution >= 4 is 22.6 Å². The number of unbranched alkanes of at least 4 members (excludes halogenated alkanes) is 3. The smallest absolute Gasteiger partial charge is 0.146 e. The predicted octanol–water partition coefficient (Wildman–Crippen LogP) is 4.16. The highest BCUT2D eigenvalue weighted by atomic mass is 127. The van der Waals surface area contributed by atoms with E-state index in [1.54, 1.807) is 0 Å². The third kappa shape index (κ3) is 14.7. The minimum Gasteiger partial charge on any atom is -0.355 e. The Balaban J connectivity index is 2.87. The molecule has 0 rings (SSSR count). The van der Waals surface area contributed by atoms with E-state index in [1.165, 1.54) is 32.1 Å². The lowest BCUT2D eigenvalue weighted by Gasteiger charge is -2.06. The molecule has 1 atom stereocenters. The molecule has 0 bridgehead atoms. The second kappa shape index (κ2) is 12.7. The average molecular weight is 328 g/mol. The summed E-state index contributed by atoms with van der Waals surface area (Å²) in [5.41, 5.74) is 0. The van der Waals surface area contributed by atoms with Crippen LogP contribution in [0.2, 0.25) is 0 Å². The summed E-state index contributed by atoms with van der Waals surface area (Å²) in [6.45, 7) is 6.61. The molecule has 0 heterocycles. The Hall–Kier alpha value is 0.650. The van der Waals surface area contributed by atoms with E-state index in [1.807, 2.05) is 0 Å². The fourth-order valence-electron chi connectivity index (χ4n) is 1.27. The number of alkyl halides is 1. The topological polar surface area (TPSA) is 18.5 Å². The summed E-state index contributed by atoms with van der Waals surface area (Å²) in [5, 5.41) is 0. The van der Waals surface area contributed by atoms with Gasteiger partial charge in [-0.15, -0.1) is 0 Å². The van der Waals surface area contributed by atoms with Gasteiger partial charge < -0.3 is 9.47 Å². The molecule has 0 aliphatic heterocycles. The summed E-state index contributed by atoms with van der Waals surface area (Å²) in [7, 11) is 0. The number of hydrogen-bond donors (Lipinski definition) is 0. The first kappa shape index (κ1) is 15.7. The first-order valence-corrected chi connectivity index (χ1v) is 7.31. The van der Waals surface area contributed by atoms with Gasteiger partial charge in [0.1, 0.15) is 6.79 Å². The van der Waals surface area contributed by atoms with E-state index in [0.717, 1.165) is 23.6 Å².